The molecule has 1 atom stereocenters. The molecular formula is C17H28N2O. The molecule has 1 aliphatic heterocycles. The fraction of sp³-hybridized carbons (Fsp3) is 0.647. The van der Waals surface area contributed by atoms with Crippen LogP contribution in [0.3, 0.4) is 0 Å². The molecule has 1 aromatic rings. The summed E-state index contributed by atoms with van der Waals surface area (Å²) in [6.07, 6.45) is 3.84. The van der Waals surface area contributed by atoms with Crippen LogP contribution in [0, 0.1) is 0 Å². The lowest BCUT2D eigenvalue weighted by Gasteiger charge is -2.20. The Kier molecular flexibility index (Phi) is 6.34. The summed E-state index contributed by atoms with van der Waals surface area (Å²) in [5.74, 6) is 0.982. The molecule has 1 heterocycles. The number of benzene rings is 1. The highest BCUT2D eigenvalue weighted by Gasteiger charge is 2.19. The third kappa shape index (κ3) is 4.80. The zero-order valence-corrected chi connectivity index (χ0v) is 12.9. The molecule has 0 aromatic heterocycles. The van der Waals surface area contributed by atoms with E-state index in [4.69, 9.17) is 4.74 Å². The third-order valence-corrected chi connectivity index (χ3v) is 4.02. The van der Waals surface area contributed by atoms with Crippen molar-refractivity contribution in [1.29, 1.82) is 0 Å². The average molecular weight is 276 g/mol. The van der Waals surface area contributed by atoms with Crippen molar-refractivity contribution >= 4 is 0 Å². The summed E-state index contributed by atoms with van der Waals surface area (Å²) in [5.41, 5.74) is 1.32. The van der Waals surface area contributed by atoms with Gasteiger partial charge in [0.15, 0.2) is 0 Å². The van der Waals surface area contributed by atoms with E-state index in [1.807, 2.05) is 0 Å². The molecule has 0 amide bonds. The second-order valence-electron chi connectivity index (χ2n) is 5.70. The standard InChI is InChI=1S/C17H28N2O/c1-3-10-18-14-16-6-8-17(9-7-16)20-13-12-19-11-4-5-15(19)2/h6-9,15,18H,3-5,10-14H2,1-2H3. The van der Waals surface area contributed by atoms with E-state index < -0.39 is 0 Å². The smallest absolute Gasteiger partial charge is 0.119 e. The minimum Gasteiger partial charge on any atom is -0.492 e. The average Bonchev–Trinajstić information content (AvgIpc) is 2.87. The van der Waals surface area contributed by atoms with Crippen LogP contribution in [0.15, 0.2) is 24.3 Å². The Hall–Kier alpha value is -1.06. The Morgan fingerprint density at radius 2 is 2.10 bits per heavy atom. The third-order valence-electron chi connectivity index (χ3n) is 4.02. The van der Waals surface area contributed by atoms with Gasteiger partial charge < -0.3 is 10.1 Å². The van der Waals surface area contributed by atoms with Gasteiger partial charge in [0, 0.05) is 19.1 Å². The maximum atomic E-state index is 5.83. The first-order chi connectivity index (χ1) is 9.79. The molecular weight excluding hydrogens is 248 g/mol. The molecule has 1 N–H and O–H groups in total. The van der Waals surface area contributed by atoms with E-state index >= 15 is 0 Å². The van der Waals surface area contributed by atoms with Gasteiger partial charge in [0.2, 0.25) is 0 Å². The lowest BCUT2D eigenvalue weighted by atomic mass is 10.2. The number of rotatable bonds is 8. The van der Waals surface area contributed by atoms with Gasteiger partial charge in [0.05, 0.1) is 0 Å². The minimum absolute atomic E-state index is 0.727. The van der Waals surface area contributed by atoms with Crippen molar-refractivity contribution in [2.45, 2.75) is 45.7 Å². The van der Waals surface area contributed by atoms with E-state index in [0.717, 1.165) is 38.0 Å². The summed E-state index contributed by atoms with van der Waals surface area (Å²) >= 11 is 0. The first-order valence-electron chi connectivity index (χ1n) is 7.96. The minimum atomic E-state index is 0.727. The first-order valence-corrected chi connectivity index (χ1v) is 7.96. The molecule has 20 heavy (non-hydrogen) atoms. The summed E-state index contributed by atoms with van der Waals surface area (Å²) in [6, 6.07) is 9.19. The molecule has 112 valence electrons. The number of nitrogens with zero attached hydrogens (tertiary/aromatic N) is 1. The van der Waals surface area contributed by atoms with Crippen molar-refractivity contribution in [3.05, 3.63) is 29.8 Å². The molecule has 2 rings (SSSR count). The van der Waals surface area contributed by atoms with Gasteiger partial charge in [-0.2, -0.15) is 0 Å². The van der Waals surface area contributed by atoms with Crippen molar-refractivity contribution in [3.63, 3.8) is 0 Å². The van der Waals surface area contributed by atoms with Gasteiger partial charge in [-0.25, -0.2) is 0 Å². The fourth-order valence-corrected chi connectivity index (χ4v) is 2.72. The Labute approximate surface area is 123 Å². The predicted molar refractivity (Wildman–Crippen MR) is 84.2 cm³/mol. The van der Waals surface area contributed by atoms with Crippen LogP contribution in [0.4, 0.5) is 0 Å². The van der Waals surface area contributed by atoms with E-state index in [1.165, 1.54) is 31.4 Å². The van der Waals surface area contributed by atoms with Crippen molar-refractivity contribution in [2.75, 3.05) is 26.2 Å². The molecule has 3 nitrogen and oxygen atoms in total. The summed E-state index contributed by atoms with van der Waals surface area (Å²) in [6.45, 7) is 9.58. The van der Waals surface area contributed by atoms with Crippen LogP contribution in [0.5, 0.6) is 5.75 Å². The van der Waals surface area contributed by atoms with E-state index in [2.05, 4.69) is 48.3 Å². The largest absolute Gasteiger partial charge is 0.492 e. The highest BCUT2D eigenvalue weighted by molar-refractivity contribution is 5.27. The summed E-state index contributed by atoms with van der Waals surface area (Å²) in [4.78, 5) is 2.52. The molecule has 1 saturated heterocycles. The second kappa shape index (κ2) is 8.28. The molecule has 1 unspecified atom stereocenters. The van der Waals surface area contributed by atoms with Gasteiger partial charge in [0.1, 0.15) is 12.4 Å². The maximum absolute atomic E-state index is 5.83. The first kappa shape index (κ1) is 15.3. The molecule has 0 bridgehead atoms. The molecule has 0 aliphatic carbocycles. The lowest BCUT2D eigenvalue weighted by molar-refractivity contribution is 0.204. The number of ether oxygens (including phenoxy) is 1. The zero-order valence-electron chi connectivity index (χ0n) is 12.9. The fourth-order valence-electron chi connectivity index (χ4n) is 2.72. The van der Waals surface area contributed by atoms with Crippen LogP contribution >= 0.6 is 0 Å². The van der Waals surface area contributed by atoms with E-state index in [9.17, 15) is 0 Å². The normalized spacial score (nSPS) is 19.4. The van der Waals surface area contributed by atoms with Crippen LogP contribution in [0.1, 0.15) is 38.7 Å². The van der Waals surface area contributed by atoms with Gasteiger partial charge in [-0.3, -0.25) is 4.90 Å². The lowest BCUT2D eigenvalue weighted by Crippen LogP contribution is -2.31. The van der Waals surface area contributed by atoms with E-state index in [0.29, 0.717) is 0 Å². The van der Waals surface area contributed by atoms with Crippen LogP contribution in [0.25, 0.3) is 0 Å². The SMILES string of the molecule is CCCNCc1ccc(OCCN2CCCC2C)cc1. The van der Waals surface area contributed by atoms with Crippen molar-refractivity contribution in [1.82, 2.24) is 10.2 Å². The maximum Gasteiger partial charge on any atom is 0.119 e. The Bertz CT molecular complexity index is 377. The van der Waals surface area contributed by atoms with E-state index in [-0.39, 0.29) is 0 Å². The Morgan fingerprint density at radius 3 is 2.75 bits per heavy atom. The molecule has 0 radical (unpaired) electrons. The van der Waals surface area contributed by atoms with Crippen LogP contribution < -0.4 is 10.1 Å². The Morgan fingerprint density at radius 1 is 1.30 bits per heavy atom. The van der Waals surface area contributed by atoms with Gasteiger partial charge in [-0.15, -0.1) is 0 Å². The van der Waals surface area contributed by atoms with Crippen LogP contribution in [0.2, 0.25) is 0 Å². The van der Waals surface area contributed by atoms with Gasteiger partial charge in [-0.05, 0) is 57.0 Å². The number of hydrogen-bond donors (Lipinski definition) is 1. The second-order valence-corrected chi connectivity index (χ2v) is 5.70. The predicted octanol–water partition coefficient (Wildman–Crippen LogP) is 3.05. The summed E-state index contributed by atoms with van der Waals surface area (Å²) in [5, 5.41) is 3.41. The van der Waals surface area contributed by atoms with Gasteiger partial charge in [0.25, 0.3) is 0 Å². The van der Waals surface area contributed by atoms with Crippen molar-refractivity contribution in [2.24, 2.45) is 0 Å². The highest BCUT2D eigenvalue weighted by atomic mass is 16.5. The topological polar surface area (TPSA) is 24.5 Å². The van der Waals surface area contributed by atoms with Crippen LogP contribution in [-0.4, -0.2) is 37.2 Å². The quantitative estimate of drug-likeness (QED) is 0.739. The van der Waals surface area contributed by atoms with Crippen LogP contribution in [-0.2, 0) is 6.54 Å². The Balaban J connectivity index is 1.68. The summed E-state index contributed by atoms with van der Waals surface area (Å²) in [7, 11) is 0. The number of hydrogen-bond acceptors (Lipinski definition) is 3. The molecule has 3 heteroatoms. The molecule has 1 fully saturated rings. The zero-order chi connectivity index (χ0) is 14.2. The van der Waals surface area contributed by atoms with E-state index in [1.54, 1.807) is 0 Å². The van der Waals surface area contributed by atoms with Gasteiger partial charge in [-0.1, -0.05) is 19.1 Å². The molecule has 1 aromatic carbocycles. The number of likely N-dealkylation sites (tertiary alicyclic amines) is 1. The highest BCUT2D eigenvalue weighted by Crippen LogP contribution is 2.16. The molecule has 0 spiro atoms. The van der Waals surface area contributed by atoms with Crippen molar-refractivity contribution in [3.8, 4) is 5.75 Å². The van der Waals surface area contributed by atoms with Gasteiger partial charge >= 0.3 is 0 Å². The summed E-state index contributed by atoms with van der Waals surface area (Å²) < 4.78 is 5.83. The monoisotopic (exact) mass is 276 g/mol. The molecule has 1 aliphatic rings. The number of nitrogens with one attached hydrogen (secondary N) is 1. The van der Waals surface area contributed by atoms with Crippen molar-refractivity contribution < 1.29 is 4.74 Å². The molecule has 0 saturated carbocycles.